The van der Waals surface area contributed by atoms with Crippen molar-refractivity contribution in [3.8, 4) is 11.4 Å². The molecule has 36 heavy (non-hydrogen) atoms. The molecule has 1 atom stereocenters. The van der Waals surface area contributed by atoms with Crippen molar-refractivity contribution in [2.45, 2.75) is 44.4 Å². The molecule has 1 saturated carbocycles. The average molecular weight is 514 g/mol. The number of hydrogen-bond acceptors (Lipinski definition) is 4. The van der Waals surface area contributed by atoms with E-state index in [4.69, 9.17) is 4.74 Å². The smallest absolute Gasteiger partial charge is 0.425 e. The molecule has 0 radical (unpaired) electrons. The van der Waals surface area contributed by atoms with Gasteiger partial charge in [-0.1, -0.05) is 12.5 Å². The Morgan fingerprint density at radius 2 is 1.78 bits per heavy atom. The molecule has 1 amide bonds. The molecule has 1 aliphatic rings. The van der Waals surface area contributed by atoms with Gasteiger partial charge in [-0.05, 0) is 38.0 Å². The van der Waals surface area contributed by atoms with Gasteiger partial charge < -0.3 is 10.1 Å². The van der Waals surface area contributed by atoms with E-state index in [1.165, 1.54) is 11.6 Å². The van der Waals surface area contributed by atoms with Gasteiger partial charge in [-0.2, -0.15) is 17.9 Å². The molecule has 7 nitrogen and oxygen atoms in total. The molecular weight excluding hydrogens is 494 g/mol. The Labute approximate surface area is 200 Å². The van der Waals surface area contributed by atoms with Crippen molar-refractivity contribution in [3.05, 3.63) is 69.7 Å². The summed E-state index contributed by atoms with van der Waals surface area (Å²) in [5.74, 6) is -5.25. The molecule has 0 spiro atoms. The lowest BCUT2D eigenvalue weighted by Crippen LogP contribution is -2.32. The van der Waals surface area contributed by atoms with E-state index < -0.39 is 64.0 Å². The molecule has 1 heterocycles. The molecule has 4 rings (SSSR count). The van der Waals surface area contributed by atoms with Crippen LogP contribution in [0.4, 0.5) is 32.0 Å². The first kappa shape index (κ1) is 25.3. The van der Waals surface area contributed by atoms with Crippen LogP contribution in [0.1, 0.15) is 48.3 Å². The van der Waals surface area contributed by atoms with Crippen LogP contribution in [0.25, 0.3) is 5.69 Å². The predicted molar refractivity (Wildman–Crippen MR) is 116 cm³/mol. The Hall–Kier alpha value is -3.77. The Bertz CT molecular complexity index is 1360. The van der Waals surface area contributed by atoms with Crippen LogP contribution in [0.5, 0.6) is 5.75 Å². The summed E-state index contributed by atoms with van der Waals surface area (Å²) >= 11 is 0. The minimum absolute atomic E-state index is 0.0197. The molecule has 1 aromatic heterocycles. The van der Waals surface area contributed by atoms with Crippen molar-refractivity contribution < 1.29 is 35.9 Å². The monoisotopic (exact) mass is 514 g/mol. The second-order valence-electron chi connectivity index (χ2n) is 8.39. The van der Waals surface area contributed by atoms with E-state index in [-0.39, 0.29) is 5.92 Å². The topological polar surface area (TPSA) is 78.2 Å². The lowest BCUT2D eigenvalue weighted by molar-refractivity contribution is -0.189. The van der Waals surface area contributed by atoms with Gasteiger partial charge in [-0.15, -0.1) is 5.10 Å². The van der Waals surface area contributed by atoms with Gasteiger partial charge in [0.25, 0.3) is 5.91 Å². The second-order valence-corrected chi connectivity index (χ2v) is 8.39. The highest BCUT2D eigenvalue weighted by molar-refractivity contribution is 6.06. The van der Waals surface area contributed by atoms with Gasteiger partial charge in [-0.3, -0.25) is 9.36 Å². The van der Waals surface area contributed by atoms with E-state index in [0.29, 0.717) is 23.5 Å². The molecule has 192 valence electrons. The summed E-state index contributed by atoms with van der Waals surface area (Å²) in [6.07, 6.45) is -4.83. The fourth-order valence-corrected chi connectivity index (χ4v) is 3.67. The zero-order chi connectivity index (χ0) is 26.4. The summed E-state index contributed by atoms with van der Waals surface area (Å²) in [5, 5.41) is 6.03. The first-order valence-electron chi connectivity index (χ1n) is 10.9. The quantitative estimate of drug-likeness (QED) is 0.478. The standard InChI is InChI=1S/C23H20F6N4O3/c1-11(23(27,28)29)36-18-10-17(33-22(35)32(2)20(31-33)12-5-3-6-12)16(26)9-13(18)21(34)30-19-14(24)7-4-8-15(19)25/h4,7-12H,3,5-6H2,1-2H3,(H,30,34). The first-order valence-corrected chi connectivity index (χ1v) is 10.9. The van der Waals surface area contributed by atoms with Crippen LogP contribution in [-0.4, -0.2) is 32.5 Å². The zero-order valence-electron chi connectivity index (χ0n) is 19.0. The molecule has 0 aliphatic heterocycles. The van der Waals surface area contributed by atoms with Gasteiger partial charge in [0.05, 0.1) is 5.56 Å². The van der Waals surface area contributed by atoms with Crippen molar-refractivity contribution >= 4 is 11.6 Å². The minimum Gasteiger partial charge on any atom is -0.480 e. The molecule has 2 aromatic carbocycles. The fourth-order valence-electron chi connectivity index (χ4n) is 3.67. The van der Waals surface area contributed by atoms with E-state index in [2.05, 4.69) is 5.10 Å². The number of nitrogens with one attached hydrogen (secondary N) is 1. The number of para-hydroxylation sites is 1. The third-order valence-electron chi connectivity index (χ3n) is 5.97. The second kappa shape index (κ2) is 9.36. The van der Waals surface area contributed by atoms with Crippen molar-refractivity contribution in [1.29, 1.82) is 0 Å². The van der Waals surface area contributed by atoms with Crippen LogP contribution in [0.15, 0.2) is 35.1 Å². The van der Waals surface area contributed by atoms with Crippen molar-refractivity contribution in [3.63, 3.8) is 0 Å². The molecular formula is C23H20F6N4O3. The number of aromatic nitrogens is 3. The maximum atomic E-state index is 15.1. The lowest BCUT2D eigenvalue weighted by atomic mass is 9.85. The predicted octanol–water partition coefficient (Wildman–Crippen LogP) is 4.84. The number of nitrogens with zero attached hydrogens (tertiary/aromatic N) is 3. The highest BCUT2D eigenvalue weighted by Crippen LogP contribution is 2.35. The summed E-state index contributed by atoms with van der Waals surface area (Å²) in [4.78, 5) is 25.5. The third kappa shape index (κ3) is 4.69. The molecule has 0 saturated heterocycles. The van der Waals surface area contributed by atoms with Gasteiger partial charge >= 0.3 is 11.9 Å². The van der Waals surface area contributed by atoms with E-state index in [0.717, 1.165) is 43.5 Å². The normalized spacial score (nSPS) is 14.9. The van der Waals surface area contributed by atoms with Crippen LogP contribution in [-0.2, 0) is 7.05 Å². The molecule has 1 unspecified atom stereocenters. The number of ether oxygens (including phenoxy) is 1. The number of carbonyl (C=O) groups excluding carboxylic acids is 1. The van der Waals surface area contributed by atoms with Crippen LogP contribution >= 0.6 is 0 Å². The van der Waals surface area contributed by atoms with Gasteiger partial charge in [-0.25, -0.2) is 18.0 Å². The van der Waals surface area contributed by atoms with Gasteiger partial charge in [0.1, 0.15) is 40.4 Å². The molecule has 3 aromatic rings. The lowest BCUT2D eigenvalue weighted by Gasteiger charge is -2.23. The van der Waals surface area contributed by atoms with Crippen LogP contribution < -0.4 is 15.7 Å². The molecule has 1 aliphatic carbocycles. The Morgan fingerprint density at radius 1 is 1.14 bits per heavy atom. The number of amides is 1. The highest BCUT2D eigenvalue weighted by atomic mass is 19.4. The number of halogens is 6. The van der Waals surface area contributed by atoms with Crippen molar-refractivity contribution in [2.24, 2.45) is 7.05 Å². The number of carbonyl (C=O) groups is 1. The summed E-state index contributed by atoms with van der Waals surface area (Å²) in [6.45, 7) is 0.656. The van der Waals surface area contributed by atoms with Crippen LogP contribution in [0.2, 0.25) is 0 Å². The molecule has 0 bridgehead atoms. The number of rotatable bonds is 6. The van der Waals surface area contributed by atoms with E-state index >= 15 is 4.39 Å². The zero-order valence-corrected chi connectivity index (χ0v) is 19.0. The van der Waals surface area contributed by atoms with Crippen molar-refractivity contribution in [2.75, 3.05) is 5.32 Å². The maximum absolute atomic E-state index is 15.1. The molecule has 1 fully saturated rings. The number of benzene rings is 2. The summed E-state index contributed by atoms with van der Waals surface area (Å²) < 4.78 is 89.5. The largest absolute Gasteiger partial charge is 0.480 e. The number of hydrogen-bond donors (Lipinski definition) is 1. The highest BCUT2D eigenvalue weighted by Gasteiger charge is 2.39. The van der Waals surface area contributed by atoms with Crippen molar-refractivity contribution in [1.82, 2.24) is 14.3 Å². The summed E-state index contributed by atoms with van der Waals surface area (Å²) in [7, 11) is 1.44. The van der Waals surface area contributed by atoms with Gasteiger partial charge in [0.15, 0.2) is 6.10 Å². The van der Waals surface area contributed by atoms with Gasteiger partial charge in [0, 0.05) is 19.0 Å². The van der Waals surface area contributed by atoms with E-state index in [9.17, 15) is 31.5 Å². The van der Waals surface area contributed by atoms with Gasteiger partial charge in [0.2, 0.25) is 0 Å². The SMILES string of the molecule is CC(Oc1cc(-n2nc(C3CCC3)n(C)c2=O)c(F)cc1C(=O)Nc1c(F)cccc1F)C(F)(F)F. The number of anilines is 1. The fraction of sp³-hybridized carbons (Fsp3) is 0.348. The molecule has 1 N–H and O–H groups in total. The van der Waals surface area contributed by atoms with E-state index in [1.807, 2.05) is 5.32 Å². The minimum atomic E-state index is -4.86. The summed E-state index contributed by atoms with van der Waals surface area (Å²) in [5.41, 5.74) is -2.97. The third-order valence-corrected chi connectivity index (χ3v) is 5.97. The average Bonchev–Trinajstić information content (AvgIpc) is 3.04. The summed E-state index contributed by atoms with van der Waals surface area (Å²) in [6, 6.07) is 3.98. The Balaban J connectivity index is 1.80. The maximum Gasteiger partial charge on any atom is 0.425 e. The number of alkyl halides is 3. The Morgan fingerprint density at radius 3 is 2.33 bits per heavy atom. The van der Waals surface area contributed by atoms with Crippen LogP contribution in [0, 0.1) is 17.5 Å². The first-order chi connectivity index (χ1) is 16.9. The van der Waals surface area contributed by atoms with Crippen LogP contribution in [0.3, 0.4) is 0 Å². The molecule has 13 heteroatoms. The van der Waals surface area contributed by atoms with E-state index in [1.54, 1.807) is 0 Å². The Kier molecular flexibility index (Phi) is 6.58.